The lowest BCUT2D eigenvalue weighted by atomic mass is 9.97. The first-order valence-corrected chi connectivity index (χ1v) is 21.0. The van der Waals surface area contributed by atoms with Gasteiger partial charge < -0.3 is 25.4 Å². The van der Waals surface area contributed by atoms with Crippen molar-refractivity contribution < 1.29 is 28.3 Å². The summed E-state index contributed by atoms with van der Waals surface area (Å²) >= 11 is 1.52. The Morgan fingerprint density at radius 2 is 1.70 bits per heavy atom. The fourth-order valence-electron chi connectivity index (χ4n) is 6.95. The third-order valence-corrected chi connectivity index (χ3v) is 12.5. The van der Waals surface area contributed by atoms with E-state index in [4.69, 9.17) is 5.21 Å². The molecule has 1 unspecified atom stereocenters. The van der Waals surface area contributed by atoms with Gasteiger partial charge in [0.05, 0.1) is 46.2 Å². The molecule has 1 aliphatic heterocycles. The lowest BCUT2D eigenvalue weighted by Crippen LogP contribution is -2.57. The molecule has 298 valence electrons. The van der Waals surface area contributed by atoms with Gasteiger partial charge in [0.15, 0.2) is 0 Å². The number of carbonyl (C=O) groups is 2. The van der Waals surface area contributed by atoms with E-state index in [2.05, 4.69) is 20.4 Å². The number of pyridine rings is 1. The average Bonchev–Trinajstić information content (AvgIpc) is 3.79. The molecule has 1 saturated heterocycles. The number of nitrogens with one attached hydrogen (secondary N) is 1. The Kier molecular flexibility index (Phi) is 13.5. The quantitative estimate of drug-likeness (QED) is 0.0623. The van der Waals surface area contributed by atoms with Gasteiger partial charge in [0, 0.05) is 43.3 Å². The van der Waals surface area contributed by atoms with Crippen molar-refractivity contribution in [2.45, 2.75) is 63.4 Å². The fraction of sp³-hybridized carbons (Fsp3) is 0.310. The molecule has 3 amide bonds. The molecule has 2 aromatic heterocycles. The van der Waals surface area contributed by atoms with E-state index < -0.39 is 34.1 Å². The normalized spacial score (nSPS) is 15.1. The van der Waals surface area contributed by atoms with Crippen LogP contribution < -0.4 is 5.32 Å². The van der Waals surface area contributed by atoms with Crippen LogP contribution in [0, 0.1) is 12.8 Å². The van der Waals surface area contributed by atoms with Gasteiger partial charge in [-0.15, -0.1) is 11.3 Å². The first kappa shape index (κ1) is 41.2. The second kappa shape index (κ2) is 18.6. The molecule has 5 aromatic rings. The van der Waals surface area contributed by atoms with Crippen molar-refractivity contribution in [3.63, 3.8) is 0 Å². The van der Waals surface area contributed by atoms with Crippen molar-refractivity contribution in [2.75, 3.05) is 19.6 Å². The first-order valence-electron chi connectivity index (χ1n) is 18.7. The van der Waals surface area contributed by atoms with E-state index in [1.54, 1.807) is 16.0 Å². The van der Waals surface area contributed by atoms with Gasteiger partial charge in [0.1, 0.15) is 6.04 Å². The largest absolute Gasteiger partial charge is 0.411 e. The van der Waals surface area contributed by atoms with Crippen molar-refractivity contribution in [3.8, 4) is 11.3 Å². The summed E-state index contributed by atoms with van der Waals surface area (Å²) in [5, 5.41) is 29.9. The monoisotopic (exact) mass is 809 g/mol. The van der Waals surface area contributed by atoms with Crippen LogP contribution in [0.4, 0.5) is 4.79 Å². The summed E-state index contributed by atoms with van der Waals surface area (Å²) in [6.07, 6.45) is 1.72. The standard InChI is InChI=1S/C42H47N7O6S2/c1-29(2)40(49-22-21-47(42(49)52)26-35-28-56-30(3)45-35)41(51)46-38(23-31-9-5-4-6-10-31)39(50)27-48(57(54,55)36-18-14-32(15-19-36)24-44-53)25-33-12-16-34(17-13-33)37-11-7-8-20-43-37/h4-20,24,28-29,38-40,50,53H,21-23,25-27H2,1-3H3,(H,46,51)/b44-24+/t38-,39+,40?/m0/s1. The third-order valence-electron chi connectivity index (χ3n) is 9.86. The molecule has 3 N–H and O–H groups in total. The Morgan fingerprint density at radius 3 is 2.33 bits per heavy atom. The predicted molar refractivity (Wildman–Crippen MR) is 219 cm³/mol. The second-order valence-electron chi connectivity index (χ2n) is 14.3. The molecule has 57 heavy (non-hydrogen) atoms. The number of sulfonamides is 1. The van der Waals surface area contributed by atoms with Crippen LogP contribution in [-0.2, 0) is 34.3 Å². The smallest absolute Gasteiger partial charge is 0.321 e. The molecule has 0 radical (unpaired) electrons. The van der Waals surface area contributed by atoms with E-state index in [9.17, 15) is 23.1 Å². The number of carbonyl (C=O) groups excluding carboxylic acids is 2. The van der Waals surface area contributed by atoms with Gasteiger partial charge in [0.25, 0.3) is 0 Å². The number of oxime groups is 1. The van der Waals surface area contributed by atoms with E-state index >= 15 is 0 Å². The molecule has 3 aromatic carbocycles. The Bertz CT molecular complexity index is 2240. The van der Waals surface area contributed by atoms with Crippen molar-refractivity contribution in [3.05, 3.63) is 136 Å². The Morgan fingerprint density at radius 1 is 0.982 bits per heavy atom. The number of rotatable bonds is 17. The van der Waals surface area contributed by atoms with Crippen LogP contribution in [0.3, 0.4) is 0 Å². The first-order chi connectivity index (χ1) is 27.4. The number of amides is 3. The number of nitrogens with zero attached hydrogens (tertiary/aromatic N) is 6. The van der Waals surface area contributed by atoms with Crippen LogP contribution in [0.15, 0.2) is 119 Å². The maximum atomic E-state index is 14.4. The molecule has 6 rings (SSSR count). The highest BCUT2D eigenvalue weighted by Crippen LogP contribution is 2.25. The zero-order valence-electron chi connectivity index (χ0n) is 32.0. The van der Waals surface area contributed by atoms with Crippen molar-refractivity contribution >= 4 is 39.5 Å². The van der Waals surface area contributed by atoms with E-state index in [1.807, 2.05) is 98.9 Å². The van der Waals surface area contributed by atoms with Crippen LogP contribution in [0.25, 0.3) is 11.3 Å². The number of urea groups is 1. The number of aliphatic hydroxyl groups is 1. The lowest BCUT2D eigenvalue weighted by molar-refractivity contribution is -0.128. The Hall–Kier alpha value is -5.48. The predicted octanol–water partition coefficient (Wildman–Crippen LogP) is 5.56. The minimum atomic E-state index is -4.23. The molecule has 1 fully saturated rings. The minimum absolute atomic E-state index is 0.0247. The summed E-state index contributed by atoms with van der Waals surface area (Å²) < 4.78 is 30.0. The Labute approximate surface area is 337 Å². The zero-order chi connectivity index (χ0) is 40.5. The number of thiazole rings is 1. The summed E-state index contributed by atoms with van der Waals surface area (Å²) in [4.78, 5) is 40.1. The molecule has 3 heterocycles. The van der Waals surface area contributed by atoms with Crippen LogP contribution in [0.2, 0.25) is 0 Å². The van der Waals surface area contributed by atoms with E-state index in [0.29, 0.717) is 30.8 Å². The molecule has 0 saturated carbocycles. The molecule has 0 bridgehead atoms. The number of hydrogen-bond acceptors (Lipinski definition) is 10. The molecular weight excluding hydrogens is 763 g/mol. The molecule has 0 spiro atoms. The summed E-state index contributed by atoms with van der Waals surface area (Å²) in [6, 6.07) is 26.1. The van der Waals surface area contributed by atoms with E-state index in [1.165, 1.54) is 46.1 Å². The van der Waals surface area contributed by atoms with Crippen LogP contribution >= 0.6 is 11.3 Å². The maximum Gasteiger partial charge on any atom is 0.321 e. The van der Waals surface area contributed by atoms with Gasteiger partial charge in [0.2, 0.25) is 15.9 Å². The number of aliphatic hydroxyl groups excluding tert-OH is 1. The van der Waals surface area contributed by atoms with Gasteiger partial charge >= 0.3 is 6.03 Å². The molecule has 1 aliphatic rings. The van der Waals surface area contributed by atoms with Gasteiger partial charge in [-0.25, -0.2) is 18.2 Å². The molecular formula is C42H47N7O6S2. The van der Waals surface area contributed by atoms with Crippen LogP contribution in [0.1, 0.15) is 41.2 Å². The molecule has 0 aliphatic carbocycles. The van der Waals surface area contributed by atoms with Crippen LogP contribution in [0.5, 0.6) is 0 Å². The van der Waals surface area contributed by atoms with Crippen molar-refractivity contribution in [1.29, 1.82) is 0 Å². The topological polar surface area (TPSA) is 169 Å². The summed E-state index contributed by atoms with van der Waals surface area (Å²) in [7, 11) is -4.23. The highest BCUT2D eigenvalue weighted by Gasteiger charge is 2.40. The highest BCUT2D eigenvalue weighted by molar-refractivity contribution is 7.89. The fourth-order valence-corrected chi connectivity index (χ4v) is 9.00. The highest BCUT2D eigenvalue weighted by atomic mass is 32.2. The van der Waals surface area contributed by atoms with E-state index in [-0.39, 0.29) is 36.4 Å². The van der Waals surface area contributed by atoms with Gasteiger partial charge in [-0.3, -0.25) is 9.78 Å². The van der Waals surface area contributed by atoms with E-state index in [0.717, 1.165) is 27.5 Å². The summed E-state index contributed by atoms with van der Waals surface area (Å²) in [5.41, 5.74) is 4.42. The van der Waals surface area contributed by atoms with Gasteiger partial charge in [-0.1, -0.05) is 91.8 Å². The SMILES string of the molecule is Cc1nc(CN2CCN(C(C(=O)N[C@@H](Cc3ccccc3)[C@H](O)CN(Cc3ccc(-c4ccccn4)cc3)S(=O)(=O)c3ccc(/C=N/O)cc3)C(C)C)C2=O)cs1. The minimum Gasteiger partial charge on any atom is -0.411 e. The van der Waals surface area contributed by atoms with Gasteiger partial charge in [-0.05, 0) is 60.2 Å². The van der Waals surface area contributed by atoms with Crippen molar-refractivity contribution in [2.24, 2.45) is 11.1 Å². The molecule has 3 atom stereocenters. The average molecular weight is 810 g/mol. The number of aromatic nitrogens is 2. The zero-order valence-corrected chi connectivity index (χ0v) is 33.7. The Balaban J connectivity index is 1.27. The molecule has 15 heteroatoms. The lowest BCUT2D eigenvalue weighted by Gasteiger charge is -2.34. The molecule has 13 nitrogen and oxygen atoms in total. The third kappa shape index (κ3) is 10.3. The van der Waals surface area contributed by atoms with Crippen molar-refractivity contribution in [1.82, 2.24) is 29.4 Å². The summed E-state index contributed by atoms with van der Waals surface area (Å²) in [6.45, 7) is 6.33. The number of hydrogen-bond donors (Lipinski definition) is 3. The number of aryl methyl sites for hydroxylation is 1. The maximum absolute atomic E-state index is 14.4. The van der Waals surface area contributed by atoms with Gasteiger partial charge in [-0.2, -0.15) is 4.31 Å². The second-order valence-corrected chi connectivity index (χ2v) is 17.3. The van der Waals surface area contributed by atoms with Crippen LogP contribution in [-0.4, -0.2) is 98.8 Å². The summed E-state index contributed by atoms with van der Waals surface area (Å²) in [5.74, 6) is -0.708. The number of benzene rings is 3.